The van der Waals surface area contributed by atoms with Gasteiger partial charge in [-0.3, -0.25) is 9.88 Å². The molecule has 1 spiro atoms. The number of ether oxygens (including phenoxy) is 1. The van der Waals surface area contributed by atoms with Crippen molar-refractivity contribution in [2.24, 2.45) is 0 Å². The van der Waals surface area contributed by atoms with Crippen molar-refractivity contribution in [3.63, 3.8) is 0 Å². The molecule has 4 heterocycles. The lowest BCUT2D eigenvalue weighted by Gasteiger charge is -2.47. The highest BCUT2D eigenvalue weighted by Gasteiger charge is 2.49. The first-order valence-electron chi connectivity index (χ1n) is 10.6. The van der Waals surface area contributed by atoms with Gasteiger partial charge in [-0.1, -0.05) is 6.07 Å². The Kier molecular flexibility index (Phi) is 10.8. The second-order valence-corrected chi connectivity index (χ2v) is 11.1. The van der Waals surface area contributed by atoms with Gasteiger partial charge in [0, 0.05) is 52.3 Å². The minimum atomic E-state index is -5.08. The lowest BCUT2D eigenvalue weighted by atomic mass is 9.93. The molecule has 0 bridgehead atoms. The van der Waals surface area contributed by atoms with Crippen LogP contribution in [0.1, 0.15) is 21.7 Å². The number of hydrogen-bond donors (Lipinski definition) is 2. The van der Waals surface area contributed by atoms with Gasteiger partial charge in [0.15, 0.2) is 0 Å². The SMILES string of the molecule is Cc1ccc(CN2CC3(CC(OCc4cccnc4)CS3)C2)s1.O=C(O)C(F)(F)F.O=C(O)C(F)(F)F. The van der Waals surface area contributed by atoms with E-state index in [-0.39, 0.29) is 0 Å². The predicted molar refractivity (Wildman–Crippen MR) is 124 cm³/mol. The third-order valence-electron chi connectivity index (χ3n) is 5.07. The number of likely N-dealkylation sites (tertiary alicyclic amines) is 1. The van der Waals surface area contributed by atoms with Gasteiger partial charge in [-0.15, -0.1) is 23.1 Å². The third-order valence-corrected chi connectivity index (χ3v) is 7.63. The number of thiophene rings is 1. The standard InChI is InChI=1S/C18H22N2OS2.2C2HF3O2/c1-14-4-5-17(23-14)9-20-12-18(13-20)7-16(11-22-18)21-10-15-3-2-6-19-8-15;2*3-2(4,5)1(6)7/h2-6,8,16H,7,9-13H2,1H3;2*(H,6,7). The zero-order valence-electron chi connectivity index (χ0n) is 19.4. The Morgan fingerprint density at radius 2 is 1.70 bits per heavy atom. The van der Waals surface area contributed by atoms with E-state index in [1.807, 2.05) is 29.8 Å². The quantitative estimate of drug-likeness (QED) is 0.482. The van der Waals surface area contributed by atoms with E-state index in [1.54, 1.807) is 0 Å². The van der Waals surface area contributed by atoms with Crippen LogP contribution in [-0.2, 0) is 27.5 Å². The fourth-order valence-electron chi connectivity index (χ4n) is 3.50. The van der Waals surface area contributed by atoms with Crippen molar-refractivity contribution in [2.75, 3.05) is 18.8 Å². The molecular weight excluding hydrogens is 550 g/mol. The summed E-state index contributed by atoms with van der Waals surface area (Å²) in [7, 11) is 0. The number of alkyl halides is 6. The average Bonchev–Trinajstić information content (AvgIpc) is 3.39. The highest BCUT2D eigenvalue weighted by atomic mass is 32.2. The number of thioether (sulfide) groups is 1. The van der Waals surface area contributed by atoms with Crippen molar-refractivity contribution in [2.45, 2.75) is 49.7 Å². The number of aliphatic carboxylic acids is 2. The normalized spacial score (nSPS) is 18.7. The summed E-state index contributed by atoms with van der Waals surface area (Å²) in [4.78, 5) is 27.4. The molecule has 0 amide bonds. The van der Waals surface area contributed by atoms with Crippen LogP contribution in [0.15, 0.2) is 36.7 Å². The Labute approximate surface area is 216 Å². The van der Waals surface area contributed by atoms with Gasteiger partial charge in [0.2, 0.25) is 0 Å². The number of aryl methyl sites for hydroxylation is 1. The monoisotopic (exact) mass is 574 g/mol. The van der Waals surface area contributed by atoms with Crippen LogP contribution in [0.3, 0.4) is 0 Å². The van der Waals surface area contributed by atoms with E-state index >= 15 is 0 Å². The van der Waals surface area contributed by atoms with E-state index < -0.39 is 24.3 Å². The Morgan fingerprint density at radius 1 is 1.11 bits per heavy atom. The molecule has 2 saturated heterocycles. The third kappa shape index (κ3) is 10.5. The van der Waals surface area contributed by atoms with Crippen LogP contribution in [0.5, 0.6) is 0 Å². The minimum Gasteiger partial charge on any atom is -0.475 e. The maximum atomic E-state index is 10.6. The van der Waals surface area contributed by atoms with Crippen LogP contribution in [0.4, 0.5) is 26.3 Å². The second kappa shape index (κ2) is 12.9. The summed E-state index contributed by atoms with van der Waals surface area (Å²) in [5.41, 5.74) is 1.17. The maximum Gasteiger partial charge on any atom is 0.490 e. The van der Waals surface area contributed by atoms with Crippen molar-refractivity contribution >= 4 is 35.0 Å². The highest BCUT2D eigenvalue weighted by molar-refractivity contribution is 8.01. The molecule has 2 aliphatic heterocycles. The molecule has 1 unspecified atom stereocenters. The van der Waals surface area contributed by atoms with Gasteiger partial charge in [-0.05, 0) is 37.1 Å². The van der Waals surface area contributed by atoms with Gasteiger partial charge >= 0.3 is 24.3 Å². The van der Waals surface area contributed by atoms with E-state index in [4.69, 9.17) is 24.5 Å². The Morgan fingerprint density at radius 3 is 2.16 bits per heavy atom. The van der Waals surface area contributed by atoms with Gasteiger partial charge in [0.05, 0.1) is 12.7 Å². The topological polar surface area (TPSA) is 100.0 Å². The molecule has 4 rings (SSSR count). The van der Waals surface area contributed by atoms with E-state index in [0.717, 1.165) is 12.3 Å². The number of hydrogen-bond acceptors (Lipinski definition) is 7. The molecular formula is C22H24F6N2O5S2. The zero-order valence-corrected chi connectivity index (χ0v) is 21.0. The van der Waals surface area contributed by atoms with Gasteiger partial charge in [-0.2, -0.15) is 26.3 Å². The fraction of sp³-hybridized carbons (Fsp3) is 0.500. The Bertz CT molecular complexity index is 1000. The molecule has 0 radical (unpaired) electrons. The van der Waals surface area contributed by atoms with Crippen LogP contribution in [-0.4, -0.2) is 74.1 Å². The molecule has 2 N–H and O–H groups in total. The molecule has 0 aromatic carbocycles. The summed E-state index contributed by atoms with van der Waals surface area (Å²) in [6.45, 7) is 6.40. The zero-order chi connectivity index (χ0) is 27.9. The number of halogens is 6. The molecule has 37 heavy (non-hydrogen) atoms. The van der Waals surface area contributed by atoms with Crippen molar-refractivity contribution in [1.82, 2.24) is 9.88 Å². The number of aromatic nitrogens is 1. The number of rotatable bonds is 5. The first-order valence-corrected chi connectivity index (χ1v) is 12.4. The van der Waals surface area contributed by atoms with Crippen LogP contribution >= 0.6 is 23.1 Å². The van der Waals surface area contributed by atoms with Gasteiger partial charge < -0.3 is 14.9 Å². The number of carboxylic acid groups (broad SMARTS) is 2. The van der Waals surface area contributed by atoms with Gasteiger partial charge in [-0.25, -0.2) is 9.59 Å². The van der Waals surface area contributed by atoms with E-state index in [2.05, 4.69) is 46.8 Å². The molecule has 0 saturated carbocycles. The molecule has 2 aromatic heterocycles. The summed E-state index contributed by atoms with van der Waals surface area (Å²) in [5, 5.41) is 14.2. The number of carboxylic acids is 2. The first kappa shape index (κ1) is 30.9. The fourth-order valence-corrected chi connectivity index (χ4v) is 6.04. The number of nitrogens with zero attached hydrogens (tertiary/aromatic N) is 2. The van der Waals surface area contributed by atoms with Crippen molar-refractivity contribution in [1.29, 1.82) is 0 Å². The molecule has 206 valence electrons. The number of pyridine rings is 1. The largest absolute Gasteiger partial charge is 0.490 e. The molecule has 7 nitrogen and oxygen atoms in total. The lowest BCUT2D eigenvalue weighted by molar-refractivity contribution is -0.193. The van der Waals surface area contributed by atoms with Crippen molar-refractivity contribution < 1.29 is 50.9 Å². The Hall–Kier alpha value is -2.36. The smallest absolute Gasteiger partial charge is 0.475 e. The van der Waals surface area contributed by atoms with Gasteiger partial charge in [0.1, 0.15) is 0 Å². The predicted octanol–water partition coefficient (Wildman–Crippen LogP) is 4.99. The van der Waals surface area contributed by atoms with E-state index in [9.17, 15) is 26.3 Å². The van der Waals surface area contributed by atoms with E-state index in [0.29, 0.717) is 17.5 Å². The van der Waals surface area contributed by atoms with Crippen LogP contribution in [0.2, 0.25) is 0 Å². The van der Waals surface area contributed by atoms with Crippen molar-refractivity contribution in [3.8, 4) is 0 Å². The van der Waals surface area contributed by atoms with E-state index in [1.165, 1.54) is 34.8 Å². The molecule has 2 aromatic rings. The number of carbonyl (C=O) groups is 2. The highest BCUT2D eigenvalue weighted by Crippen LogP contribution is 2.46. The summed E-state index contributed by atoms with van der Waals surface area (Å²) in [6.07, 6.45) is -4.88. The van der Waals surface area contributed by atoms with Gasteiger partial charge in [0.25, 0.3) is 0 Å². The summed E-state index contributed by atoms with van der Waals surface area (Å²) < 4.78 is 70.0. The summed E-state index contributed by atoms with van der Waals surface area (Å²) in [5.74, 6) is -4.38. The van der Waals surface area contributed by atoms with Crippen LogP contribution in [0.25, 0.3) is 0 Å². The lowest BCUT2D eigenvalue weighted by Crippen LogP contribution is -2.58. The second-order valence-electron chi connectivity index (χ2n) is 8.26. The minimum absolute atomic E-state index is 0.395. The average molecular weight is 575 g/mol. The molecule has 15 heteroatoms. The first-order chi connectivity index (χ1) is 17.1. The van der Waals surface area contributed by atoms with Crippen molar-refractivity contribution in [3.05, 3.63) is 52.0 Å². The van der Waals surface area contributed by atoms with Crippen LogP contribution < -0.4 is 0 Å². The molecule has 2 aliphatic rings. The molecule has 2 fully saturated rings. The molecule has 0 aliphatic carbocycles. The molecule has 1 atom stereocenters. The van der Waals surface area contributed by atoms with Crippen LogP contribution in [0, 0.1) is 6.92 Å². The summed E-state index contributed by atoms with van der Waals surface area (Å²) >= 11 is 4.04. The maximum absolute atomic E-state index is 10.6. The Balaban J connectivity index is 0.000000286. The summed E-state index contributed by atoms with van der Waals surface area (Å²) in [6, 6.07) is 8.55.